The van der Waals surface area contributed by atoms with Crippen molar-refractivity contribution in [3.8, 4) is 0 Å². The van der Waals surface area contributed by atoms with E-state index in [1.54, 1.807) is 13.0 Å². The number of esters is 1. The first-order chi connectivity index (χ1) is 15.6. The quantitative estimate of drug-likeness (QED) is 0.564. The number of hydrogen-bond acceptors (Lipinski definition) is 5. The fraction of sp³-hybridized carbons (Fsp3) is 0.593. The lowest BCUT2D eigenvalue weighted by atomic mass is 9.68. The van der Waals surface area contributed by atoms with Gasteiger partial charge in [0.25, 0.3) is 0 Å². The summed E-state index contributed by atoms with van der Waals surface area (Å²) in [6.07, 6.45) is 6.08. The minimum atomic E-state index is -0.968. The number of aliphatic hydroxyl groups is 2. The highest BCUT2D eigenvalue weighted by Crippen LogP contribution is 2.46. The van der Waals surface area contributed by atoms with Crippen LogP contribution in [0, 0.1) is 18.2 Å². The number of hydrogen-bond donors (Lipinski definition) is 2. The Balaban J connectivity index is 1.90. The molecule has 1 saturated heterocycles. The number of methoxy groups -OCH3 is 1. The van der Waals surface area contributed by atoms with E-state index in [2.05, 4.69) is 23.5 Å². The van der Waals surface area contributed by atoms with Crippen LogP contribution >= 0.6 is 0 Å². The number of ether oxygens (including phenoxy) is 1. The molecule has 2 N–H and O–H groups in total. The van der Waals surface area contributed by atoms with Crippen LogP contribution < -0.4 is 0 Å². The van der Waals surface area contributed by atoms with Crippen LogP contribution in [0.25, 0.3) is 5.57 Å². The molecule has 3 atom stereocenters. The Labute approximate surface area is 196 Å². The minimum Gasteiger partial charge on any atom is -0.469 e. The Kier molecular flexibility index (Phi) is 8.48. The summed E-state index contributed by atoms with van der Waals surface area (Å²) >= 11 is 0. The third kappa shape index (κ3) is 6.52. The fourth-order valence-corrected chi connectivity index (χ4v) is 5.25. The molecule has 6 heteroatoms. The summed E-state index contributed by atoms with van der Waals surface area (Å²) in [5.41, 5.74) is 3.82. The Bertz CT molecular complexity index is 901. The fourth-order valence-electron chi connectivity index (χ4n) is 5.25. The first-order valence-corrected chi connectivity index (χ1v) is 12.0. The molecule has 0 radical (unpaired) electrons. The summed E-state index contributed by atoms with van der Waals surface area (Å²) in [7, 11) is 1.27. The van der Waals surface area contributed by atoms with E-state index in [0.717, 1.165) is 37.1 Å². The van der Waals surface area contributed by atoms with Crippen molar-refractivity contribution >= 4 is 11.5 Å². The molecule has 33 heavy (non-hydrogen) atoms. The highest BCUT2D eigenvalue weighted by Gasteiger charge is 2.37. The van der Waals surface area contributed by atoms with Gasteiger partial charge in [-0.15, -0.1) is 0 Å². The maximum Gasteiger partial charge on any atom is 0.308 e. The van der Waals surface area contributed by atoms with Crippen molar-refractivity contribution in [1.82, 2.24) is 4.90 Å². The lowest BCUT2D eigenvalue weighted by Crippen LogP contribution is -2.40. The molecule has 5 nitrogen and oxygen atoms in total. The predicted octanol–water partition coefficient (Wildman–Crippen LogP) is 4.40. The van der Waals surface area contributed by atoms with Crippen molar-refractivity contribution in [2.24, 2.45) is 5.41 Å². The molecular formula is C27H38FNO4. The van der Waals surface area contributed by atoms with E-state index < -0.39 is 18.2 Å². The van der Waals surface area contributed by atoms with Gasteiger partial charge in [-0.3, -0.25) is 4.79 Å². The molecular weight excluding hydrogens is 421 g/mol. The average molecular weight is 460 g/mol. The monoisotopic (exact) mass is 459 g/mol. The number of carbonyl (C=O) groups excluding carboxylic acids is 1. The molecule has 1 aliphatic carbocycles. The SMILES string of the molecule is COC(=O)CC(O)CC(O)C=CC1=C(c2ccc(F)c(C)c2)CC(N2CCCC2)CC1(C)C. The number of carbonyl (C=O) groups is 1. The van der Waals surface area contributed by atoms with E-state index in [1.165, 1.54) is 31.6 Å². The molecule has 0 spiro atoms. The smallest absolute Gasteiger partial charge is 0.308 e. The molecule has 1 fully saturated rings. The standard InChI is InChI=1S/C27H38FNO4/c1-18-13-19(7-10-25(18)28)23-14-20(29-11-5-6-12-29)17-27(2,3)24(23)9-8-21(30)15-22(31)16-26(32)33-4/h7-10,13,20-22,30-31H,5-6,11-12,14-17H2,1-4H3. The van der Waals surface area contributed by atoms with Crippen LogP contribution in [0.2, 0.25) is 0 Å². The second-order valence-electron chi connectivity index (χ2n) is 10.1. The van der Waals surface area contributed by atoms with Crippen LogP contribution in [-0.4, -0.2) is 59.5 Å². The van der Waals surface area contributed by atoms with Gasteiger partial charge in [-0.2, -0.15) is 0 Å². The van der Waals surface area contributed by atoms with Crippen molar-refractivity contribution in [2.45, 2.75) is 77.5 Å². The second-order valence-corrected chi connectivity index (χ2v) is 10.1. The third-order valence-electron chi connectivity index (χ3n) is 7.03. The zero-order valence-electron chi connectivity index (χ0n) is 20.3. The van der Waals surface area contributed by atoms with Gasteiger partial charge < -0.3 is 19.8 Å². The summed E-state index contributed by atoms with van der Waals surface area (Å²) in [6, 6.07) is 5.73. The summed E-state index contributed by atoms with van der Waals surface area (Å²) in [4.78, 5) is 13.9. The molecule has 2 aliphatic rings. The van der Waals surface area contributed by atoms with E-state index in [0.29, 0.717) is 11.6 Å². The Hall–Kier alpha value is -2.02. The molecule has 0 bridgehead atoms. The van der Waals surface area contributed by atoms with Gasteiger partial charge in [0.05, 0.1) is 25.7 Å². The topological polar surface area (TPSA) is 70.0 Å². The predicted molar refractivity (Wildman–Crippen MR) is 128 cm³/mol. The number of nitrogens with zero attached hydrogens (tertiary/aromatic N) is 1. The number of rotatable bonds is 8. The van der Waals surface area contributed by atoms with Crippen molar-refractivity contribution in [3.05, 3.63) is 52.9 Å². The number of aliphatic hydroxyl groups excluding tert-OH is 2. The van der Waals surface area contributed by atoms with Gasteiger partial charge in [-0.05, 0) is 85.5 Å². The van der Waals surface area contributed by atoms with Gasteiger partial charge in [0.2, 0.25) is 0 Å². The van der Waals surface area contributed by atoms with Crippen LogP contribution in [0.3, 0.4) is 0 Å². The molecule has 1 heterocycles. The van der Waals surface area contributed by atoms with E-state index in [1.807, 2.05) is 18.2 Å². The molecule has 0 amide bonds. The first kappa shape index (κ1) is 25.6. The molecule has 1 aromatic carbocycles. The maximum atomic E-state index is 14.0. The minimum absolute atomic E-state index is 0.0563. The van der Waals surface area contributed by atoms with Crippen molar-refractivity contribution < 1.29 is 24.1 Å². The van der Waals surface area contributed by atoms with Crippen molar-refractivity contribution in [1.29, 1.82) is 0 Å². The van der Waals surface area contributed by atoms with E-state index >= 15 is 0 Å². The Morgan fingerprint density at radius 2 is 2.00 bits per heavy atom. The van der Waals surface area contributed by atoms with Gasteiger partial charge in [0.15, 0.2) is 0 Å². The number of benzene rings is 1. The van der Waals surface area contributed by atoms with Gasteiger partial charge in [-0.25, -0.2) is 4.39 Å². The van der Waals surface area contributed by atoms with Crippen molar-refractivity contribution in [2.75, 3.05) is 20.2 Å². The van der Waals surface area contributed by atoms with E-state index in [-0.39, 0.29) is 24.1 Å². The van der Waals surface area contributed by atoms with Crippen LogP contribution in [0.15, 0.2) is 35.9 Å². The zero-order valence-corrected chi connectivity index (χ0v) is 20.3. The number of allylic oxidation sites excluding steroid dienone is 2. The Morgan fingerprint density at radius 1 is 1.30 bits per heavy atom. The lowest BCUT2D eigenvalue weighted by Gasteiger charge is -2.42. The highest BCUT2D eigenvalue weighted by atomic mass is 19.1. The van der Waals surface area contributed by atoms with Crippen LogP contribution in [0.5, 0.6) is 0 Å². The molecule has 1 aliphatic heterocycles. The number of aryl methyl sites for hydroxylation is 1. The van der Waals surface area contributed by atoms with Gasteiger partial charge >= 0.3 is 5.97 Å². The maximum absolute atomic E-state index is 14.0. The largest absolute Gasteiger partial charge is 0.469 e. The van der Waals surface area contributed by atoms with Crippen molar-refractivity contribution in [3.63, 3.8) is 0 Å². The molecule has 0 aromatic heterocycles. The van der Waals surface area contributed by atoms with E-state index in [4.69, 9.17) is 0 Å². The van der Waals surface area contributed by atoms with E-state index in [9.17, 15) is 19.4 Å². The molecule has 182 valence electrons. The molecule has 3 unspecified atom stereocenters. The average Bonchev–Trinajstić information content (AvgIpc) is 3.28. The molecule has 0 saturated carbocycles. The number of halogens is 1. The van der Waals surface area contributed by atoms with Gasteiger partial charge in [0, 0.05) is 12.5 Å². The third-order valence-corrected chi connectivity index (χ3v) is 7.03. The number of likely N-dealkylation sites (tertiary alicyclic amines) is 1. The molecule has 3 rings (SSSR count). The second kappa shape index (κ2) is 10.9. The first-order valence-electron chi connectivity index (χ1n) is 12.0. The summed E-state index contributed by atoms with van der Waals surface area (Å²) in [5, 5.41) is 20.5. The van der Waals surface area contributed by atoms with Crippen LogP contribution in [0.1, 0.15) is 63.5 Å². The zero-order chi connectivity index (χ0) is 24.2. The normalized spacial score (nSPS) is 23.2. The molecule has 1 aromatic rings. The van der Waals surface area contributed by atoms with Gasteiger partial charge in [0.1, 0.15) is 5.82 Å². The summed E-state index contributed by atoms with van der Waals surface area (Å²) in [5.74, 6) is -0.714. The lowest BCUT2D eigenvalue weighted by molar-refractivity contribution is -0.143. The van der Waals surface area contributed by atoms with Gasteiger partial charge in [-0.1, -0.05) is 32.1 Å². The van der Waals surface area contributed by atoms with Crippen LogP contribution in [0.4, 0.5) is 4.39 Å². The summed E-state index contributed by atoms with van der Waals surface area (Å²) in [6.45, 7) is 8.48. The summed E-state index contributed by atoms with van der Waals surface area (Å²) < 4.78 is 18.6. The Morgan fingerprint density at radius 3 is 2.64 bits per heavy atom. The van der Waals surface area contributed by atoms with Crippen LogP contribution in [-0.2, 0) is 9.53 Å². The highest BCUT2D eigenvalue weighted by molar-refractivity contribution is 5.74.